The van der Waals surface area contributed by atoms with Crippen molar-refractivity contribution in [3.63, 3.8) is 0 Å². The van der Waals surface area contributed by atoms with Gasteiger partial charge in [-0.05, 0) is 37.3 Å². The molecule has 1 fully saturated rings. The summed E-state index contributed by atoms with van der Waals surface area (Å²) in [4.78, 5) is 4.60. The molecule has 1 aliphatic carbocycles. The summed E-state index contributed by atoms with van der Waals surface area (Å²) in [6.45, 7) is 2.06. The van der Waals surface area contributed by atoms with Gasteiger partial charge in [-0.25, -0.2) is 4.98 Å². The number of hydrogen-bond donors (Lipinski definition) is 1. The fourth-order valence-corrected chi connectivity index (χ4v) is 2.94. The van der Waals surface area contributed by atoms with Crippen molar-refractivity contribution in [3.05, 3.63) is 29.7 Å². The van der Waals surface area contributed by atoms with Crippen LogP contribution in [-0.4, -0.2) is 4.98 Å². The molecule has 0 spiro atoms. The Labute approximate surface area is 107 Å². The Morgan fingerprint density at radius 1 is 1.28 bits per heavy atom. The van der Waals surface area contributed by atoms with Crippen molar-refractivity contribution in [2.45, 2.75) is 45.1 Å². The highest BCUT2D eigenvalue weighted by Crippen LogP contribution is 2.33. The van der Waals surface area contributed by atoms with Crippen LogP contribution in [0, 0.1) is 12.8 Å². The zero-order chi connectivity index (χ0) is 12.5. The molecule has 1 unspecified atom stereocenters. The van der Waals surface area contributed by atoms with Gasteiger partial charge in [0.15, 0.2) is 5.58 Å². The maximum Gasteiger partial charge on any atom is 0.212 e. The minimum Gasteiger partial charge on any atom is -0.439 e. The molecule has 1 atom stereocenters. The average molecular weight is 244 g/mol. The van der Waals surface area contributed by atoms with E-state index in [4.69, 9.17) is 10.2 Å². The summed E-state index contributed by atoms with van der Waals surface area (Å²) in [5, 5.41) is 0. The molecule has 1 aliphatic rings. The van der Waals surface area contributed by atoms with Gasteiger partial charge in [-0.1, -0.05) is 31.4 Å². The van der Waals surface area contributed by atoms with Gasteiger partial charge in [0.2, 0.25) is 5.89 Å². The van der Waals surface area contributed by atoms with Gasteiger partial charge in [0.25, 0.3) is 0 Å². The molecule has 0 amide bonds. The molecule has 2 aromatic rings. The summed E-state index contributed by atoms with van der Waals surface area (Å²) in [6, 6.07) is 5.98. The SMILES string of the molecule is Cc1cccc2oc(C(N)C3CCCCC3)nc12. The lowest BCUT2D eigenvalue weighted by Gasteiger charge is -2.25. The molecule has 1 heterocycles. The quantitative estimate of drug-likeness (QED) is 0.876. The molecule has 18 heavy (non-hydrogen) atoms. The van der Waals surface area contributed by atoms with Gasteiger partial charge in [-0.3, -0.25) is 0 Å². The first-order chi connectivity index (χ1) is 8.75. The zero-order valence-electron chi connectivity index (χ0n) is 10.9. The molecule has 0 aliphatic heterocycles. The molecule has 1 saturated carbocycles. The molecule has 0 radical (unpaired) electrons. The third-order valence-corrected chi connectivity index (χ3v) is 4.08. The highest BCUT2D eigenvalue weighted by atomic mass is 16.3. The second-order valence-electron chi connectivity index (χ2n) is 5.40. The maximum atomic E-state index is 6.33. The Balaban J connectivity index is 1.91. The summed E-state index contributed by atoms with van der Waals surface area (Å²) in [5.74, 6) is 1.25. The van der Waals surface area contributed by atoms with Crippen LogP contribution in [0.1, 0.15) is 49.6 Å². The number of benzene rings is 1. The topological polar surface area (TPSA) is 52.0 Å². The van der Waals surface area contributed by atoms with E-state index < -0.39 is 0 Å². The van der Waals surface area contributed by atoms with Crippen molar-refractivity contribution in [1.29, 1.82) is 0 Å². The first kappa shape index (κ1) is 11.7. The van der Waals surface area contributed by atoms with Gasteiger partial charge in [0.05, 0.1) is 6.04 Å². The smallest absolute Gasteiger partial charge is 0.212 e. The van der Waals surface area contributed by atoms with Crippen LogP contribution in [0.3, 0.4) is 0 Å². The molecular weight excluding hydrogens is 224 g/mol. The third kappa shape index (κ3) is 2.03. The number of oxazole rings is 1. The van der Waals surface area contributed by atoms with E-state index in [-0.39, 0.29) is 6.04 Å². The Morgan fingerprint density at radius 2 is 2.06 bits per heavy atom. The standard InChI is InChI=1S/C15H20N2O/c1-10-6-5-9-12-14(10)17-15(18-12)13(16)11-7-3-2-4-8-11/h5-6,9,11,13H,2-4,7-8,16H2,1H3. The lowest BCUT2D eigenvalue weighted by molar-refractivity contribution is 0.278. The number of para-hydroxylation sites is 1. The number of rotatable bonds is 2. The molecular formula is C15H20N2O. The molecule has 3 heteroatoms. The number of hydrogen-bond acceptors (Lipinski definition) is 3. The first-order valence-electron chi connectivity index (χ1n) is 6.87. The highest BCUT2D eigenvalue weighted by molar-refractivity contribution is 5.76. The van der Waals surface area contributed by atoms with Gasteiger partial charge in [0.1, 0.15) is 5.52 Å². The minimum absolute atomic E-state index is 0.0444. The molecule has 1 aromatic carbocycles. The van der Waals surface area contributed by atoms with Gasteiger partial charge in [-0.2, -0.15) is 0 Å². The number of fused-ring (bicyclic) bond motifs is 1. The van der Waals surface area contributed by atoms with Crippen LogP contribution in [-0.2, 0) is 0 Å². The van der Waals surface area contributed by atoms with Crippen LogP contribution < -0.4 is 5.73 Å². The fraction of sp³-hybridized carbons (Fsp3) is 0.533. The largest absolute Gasteiger partial charge is 0.439 e. The zero-order valence-corrected chi connectivity index (χ0v) is 10.9. The van der Waals surface area contributed by atoms with E-state index in [9.17, 15) is 0 Å². The van der Waals surface area contributed by atoms with Crippen molar-refractivity contribution >= 4 is 11.1 Å². The van der Waals surface area contributed by atoms with Crippen molar-refractivity contribution in [2.24, 2.45) is 11.7 Å². The Hall–Kier alpha value is -1.35. The summed E-state index contributed by atoms with van der Waals surface area (Å²) in [5.41, 5.74) is 9.29. The molecule has 0 bridgehead atoms. The number of nitrogens with zero attached hydrogens (tertiary/aromatic N) is 1. The highest BCUT2D eigenvalue weighted by Gasteiger charge is 2.25. The van der Waals surface area contributed by atoms with E-state index in [1.807, 2.05) is 12.1 Å². The first-order valence-corrected chi connectivity index (χ1v) is 6.87. The number of nitrogens with two attached hydrogens (primary N) is 1. The second-order valence-corrected chi connectivity index (χ2v) is 5.40. The van der Waals surface area contributed by atoms with E-state index in [0.717, 1.165) is 16.7 Å². The van der Waals surface area contributed by atoms with Crippen LogP contribution in [0.5, 0.6) is 0 Å². The predicted molar refractivity (Wildman–Crippen MR) is 72.2 cm³/mol. The summed E-state index contributed by atoms with van der Waals surface area (Å²) in [7, 11) is 0. The van der Waals surface area contributed by atoms with E-state index in [0.29, 0.717) is 11.8 Å². The van der Waals surface area contributed by atoms with Crippen molar-refractivity contribution in [1.82, 2.24) is 4.98 Å². The Bertz CT molecular complexity index is 540. The van der Waals surface area contributed by atoms with E-state index in [1.165, 1.54) is 32.1 Å². The Morgan fingerprint density at radius 3 is 2.78 bits per heavy atom. The summed E-state index contributed by atoms with van der Waals surface area (Å²) < 4.78 is 5.83. The van der Waals surface area contributed by atoms with Crippen LogP contribution in [0.15, 0.2) is 22.6 Å². The number of aryl methyl sites for hydroxylation is 1. The second kappa shape index (κ2) is 4.73. The fourth-order valence-electron chi connectivity index (χ4n) is 2.94. The molecule has 0 saturated heterocycles. The normalized spacial score (nSPS) is 19.2. The van der Waals surface area contributed by atoms with E-state index in [2.05, 4.69) is 18.0 Å². The van der Waals surface area contributed by atoms with Crippen LogP contribution >= 0.6 is 0 Å². The van der Waals surface area contributed by atoms with Crippen molar-refractivity contribution in [2.75, 3.05) is 0 Å². The third-order valence-electron chi connectivity index (χ3n) is 4.08. The average Bonchev–Trinajstić information content (AvgIpc) is 2.84. The maximum absolute atomic E-state index is 6.33. The van der Waals surface area contributed by atoms with Gasteiger partial charge in [0, 0.05) is 0 Å². The minimum atomic E-state index is -0.0444. The lowest BCUT2D eigenvalue weighted by atomic mass is 9.84. The molecule has 96 valence electrons. The lowest BCUT2D eigenvalue weighted by Crippen LogP contribution is -2.23. The molecule has 3 nitrogen and oxygen atoms in total. The monoisotopic (exact) mass is 244 g/mol. The van der Waals surface area contributed by atoms with Crippen LogP contribution in [0.4, 0.5) is 0 Å². The number of aromatic nitrogens is 1. The summed E-state index contributed by atoms with van der Waals surface area (Å²) in [6.07, 6.45) is 6.34. The molecule has 1 aromatic heterocycles. The summed E-state index contributed by atoms with van der Waals surface area (Å²) >= 11 is 0. The Kier molecular flexibility index (Phi) is 3.08. The van der Waals surface area contributed by atoms with Gasteiger partial charge in [-0.15, -0.1) is 0 Å². The molecule has 2 N–H and O–H groups in total. The van der Waals surface area contributed by atoms with E-state index >= 15 is 0 Å². The predicted octanol–water partition coefficient (Wildman–Crippen LogP) is 3.72. The molecule has 3 rings (SSSR count). The van der Waals surface area contributed by atoms with Gasteiger partial charge < -0.3 is 10.2 Å². The van der Waals surface area contributed by atoms with Crippen molar-refractivity contribution < 1.29 is 4.42 Å². The van der Waals surface area contributed by atoms with Crippen molar-refractivity contribution in [3.8, 4) is 0 Å². The van der Waals surface area contributed by atoms with Crippen LogP contribution in [0.25, 0.3) is 11.1 Å². The van der Waals surface area contributed by atoms with E-state index in [1.54, 1.807) is 0 Å². The van der Waals surface area contributed by atoms with Crippen LogP contribution in [0.2, 0.25) is 0 Å². The van der Waals surface area contributed by atoms with Gasteiger partial charge >= 0.3 is 0 Å².